The van der Waals surface area contributed by atoms with Gasteiger partial charge in [0.05, 0.1) is 12.6 Å². The number of guanidine groups is 1. The van der Waals surface area contributed by atoms with Crippen LogP contribution in [0.1, 0.15) is 29.7 Å². The van der Waals surface area contributed by atoms with Crippen molar-refractivity contribution in [2.75, 3.05) is 18.0 Å². The highest BCUT2D eigenvalue weighted by atomic mass is 35.5. The standard InChI is InChI=1S/C18H19N3.ClH/c1-2-19-18-20-12-17-15-9-5-3-7-13(15)11-14-8-4-6-10-16(14)21(17)18;/h3-10,17H,2,11-12H2,1H3,(H,19,20);1H. The number of aliphatic imine (C=N–C) groups is 1. The van der Waals surface area contributed by atoms with Gasteiger partial charge in [-0.2, -0.15) is 0 Å². The molecule has 4 rings (SSSR count). The highest BCUT2D eigenvalue weighted by molar-refractivity contribution is 5.99. The Morgan fingerprint density at radius 2 is 1.82 bits per heavy atom. The number of hydrogen-bond acceptors (Lipinski definition) is 3. The summed E-state index contributed by atoms with van der Waals surface area (Å²) < 4.78 is 0. The molecule has 2 aliphatic heterocycles. The molecule has 4 heteroatoms. The SMILES string of the molecule is CCNC1=NCC2c3ccccc3Cc3ccccc3N12.Cl. The van der Waals surface area contributed by atoms with Gasteiger partial charge in [0.1, 0.15) is 0 Å². The summed E-state index contributed by atoms with van der Waals surface area (Å²) in [5.41, 5.74) is 5.49. The molecule has 114 valence electrons. The van der Waals surface area contributed by atoms with E-state index in [1.807, 2.05) is 0 Å². The third kappa shape index (κ3) is 2.26. The van der Waals surface area contributed by atoms with Crippen molar-refractivity contribution in [2.24, 2.45) is 4.99 Å². The second-order valence-electron chi connectivity index (χ2n) is 5.58. The molecular formula is C18H20ClN3. The van der Waals surface area contributed by atoms with Crippen LogP contribution in [0.3, 0.4) is 0 Å². The number of benzene rings is 2. The Morgan fingerprint density at radius 3 is 2.64 bits per heavy atom. The lowest BCUT2D eigenvalue weighted by atomic mass is 9.97. The number of nitrogens with one attached hydrogen (secondary N) is 1. The van der Waals surface area contributed by atoms with Crippen LogP contribution in [0.15, 0.2) is 53.5 Å². The van der Waals surface area contributed by atoms with Crippen molar-refractivity contribution < 1.29 is 0 Å². The van der Waals surface area contributed by atoms with Crippen molar-refractivity contribution in [3.63, 3.8) is 0 Å². The molecule has 0 fully saturated rings. The van der Waals surface area contributed by atoms with Crippen LogP contribution >= 0.6 is 12.4 Å². The van der Waals surface area contributed by atoms with Gasteiger partial charge in [0.15, 0.2) is 5.96 Å². The molecule has 0 radical (unpaired) electrons. The first-order chi connectivity index (χ1) is 10.4. The fourth-order valence-electron chi connectivity index (χ4n) is 3.42. The molecule has 0 spiro atoms. The summed E-state index contributed by atoms with van der Waals surface area (Å²) in [5.74, 6) is 1.01. The maximum Gasteiger partial charge on any atom is 0.199 e. The summed E-state index contributed by atoms with van der Waals surface area (Å²) in [4.78, 5) is 7.12. The highest BCUT2D eigenvalue weighted by Gasteiger charge is 2.34. The minimum Gasteiger partial charge on any atom is -0.356 e. The first kappa shape index (κ1) is 14.9. The van der Waals surface area contributed by atoms with Gasteiger partial charge in [-0.25, -0.2) is 0 Å². The van der Waals surface area contributed by atoms with Crippen molar-refractivity contribution in [3.8, 4) is 0 Å². The Hall–Kier alpha value is -2.00. The van der Waals surface area contributed by atoms with Crippen LogP contribution in [0.2, 0.25) is 0 Å². The zero-order valence-electron chi connectivity index (χ0n) is 12.6. The fraction of sp³-hybridized carbons (Fsp3) is 0.278. The number of nitrogens with zero attached hydrogens (tertiary/aromatic N) is 2. The molecule has 2 aromatic rings. The topological polar surface area (TPSA) is 27.6 Å². The molecule has 1 atom stereocenters. The lowest BCUT2D eigenvalue weighted by molar-refractivity contribution is 0.763. The smallest absolute Gasteiger partial charge is 0.199 e. The van der Waals surface area contributed by atoms with Crippen LogP contribution in [0.5, 0.6) is 0 Å². The number of anilines is 1. The van der Waals surface area contributed by atoms with Crippen LogP contribution in [-0.4, -0.2) is 19.0 Å². The second-order valence-corrected chi connectivity index (χ2v) is 5.58. The molecule has 1 N–H and O–H groups in total. The van der Waals surface area contributed by atoms with Crippen molar-refractivity contribution in [2.45, 2.75) is 19.4 Å². The predicted molar refractivity (Wildman–Crippen MR) is 94.1 cm³/mol. The van der Waals surface area contributed by atoms with Gasteiger partial charge >= 0.3 is 0 Å². The van der Waals surface area contributed by atoms with E-state index in [0.717, 1.165) is 25.5 Å². The van der Waals surface area contributed by atoms with E-state index in [-0.39, 0.29) is 12.4 Å². The zero-order valence-corrected chi connectivity index (χ0v) is 13.4. The van der Waals surface area contributed by atoms with Gasteiger partial charge < -0.3 is 10.2 Å². The molecule has 0 aliphatic carbocycles. The molecule has 3 nitrogen and oxygen atoms in total. The molecule has 0 bridgehead atoms. The summed E-state index contributed by atoms with van der Waals surface area (Å²) >= 11 is 0. The number of halogens is 1. The molecule has 2 heterocycles. The maximum atomic E-state index is 4.74. The van der Waals surface area contributed by atoms with Gasteiger partial charge in [-0.15, -0.1) is 12.4 Å². The number of para-hydroxylation sites is 1. The van der Waals surface area contributed by atoms with Gasteiger partial charge in [0, 0.05) is 12.2 Å². The van der Waals surface area contributed by atoms with E-state index >= 15 is 0 Å². The molecule has 0 saturated heterocycles. The summed E-state index contributed by atoms with van der Waals surface area (Å²) in [6.45, 7) is 3.84. The van der Waals surface area contributed by atoms with Crippen LogP contribution in [0.25, 0.3) is 0 Å². The lowest BCUT2D eigenvalue weighted by Gasteiger charge is -2.28. The van der Waals surface area contributed by atoms with Crippen molar-refractivity contribution in [3.05, 3.63) is 65.2 Å². The molecule has 2 aliphatic rings. The van der Waals surface area contributed by atoms with Gasteiger partial charge in [-0.3, -0.25) is 4.99 Å². The highest BCUT2D eigenvalue weighted by Crippen LogP contribution is 2.39. The van der Waals surface area contributed by atoms with Crippen LogP contribution in [-0.2, 0) is 6.42 Å². The van der Waals surface area contributed by atoms with Crippen LogP contribution < -0.4 is 10.2 Å². The molecule has 0 saturated carbocycles. The average molecular weight is 314 g/mol. The Bertz CT molecular complexity index is 711. The van der Waals surface area contributed by atoms with Gasteiger partial charge in [-0.1, -0.05) is 42.5 Å². The monoisotopic (exact) mass is 313 g/mol. The summed E-state index contributed by atoms with van der Waals surface area (Å²) in [5, 5.41) is 3.42. The minimum atomic E-state index is 0. The van der Waals surface area contributed by atoms with E-state index in [2.05, 4.69) is 65.7 Å². The third-order valence-corrected chi connectivity index (χ3v) is 4.33. The van der Waals surface area contributed by atoms with Crippen molar-refractivity contribution >= 4 is 24.1 Å². The molecule has 0 amide bonds. The predicted octanol–water partition coefficient (Wildman–Crippen LogP) is 3.54. The molecule has 1 unspecified atom stereocenters. The lowest BCUT2D eigenvalue weighted by Crippen LogP contribution is -2.40. The Labute approximate surface area is 137 Å². The largest absolute Gasteiger partial charge is 0.356 e. The Balaban J connectivity index is 0.00000144. The van der Waals surface area contributed by atoms with E-state index < -0.39 is 0 Å². The number of fused-ring (bicyclic) bond motifs is 5. The quantitative estimate of drug-likeness (QED) is 0.872. The van der Waals surface area contributed by atoms with E-state index in [1.165, 1.54) is 22.4 Å². The van der Waals surface area contributed by atoms with Crippen LogP contribution in [0.4, 0.5) is 5.69 Å². The normalized spacial score (nSPS) is 18.3. The van der Waals surface area contributed by atoms with E-state index in [1.54, 1.807) is 0 Å². The number of hydrogen-bond donors (Lipinski definition) is 1. The maximum absolute atomic E-state index is 4.74. The van der Waals surface area contributed by atoms with E-state index in [4.69, 9.17) is 4.99 Å². The Kier molecular flexibility index (Phi) is 4.08. The van der Waals surface area contributed by atoms with Crippen molar-refractivity contribution in [1.29, 1.82) is 0 Å². The fourth-order valence-corrected chi connectivity index (χ4v) is 3.42. The Morgan fingerprint density at radius 1 is 1.09 bits per heavy atom. The second kappa shape index (κ2) is 6.01. The summed E-state index contributed by atoms with van der Waals surface area (Å²) in [6, 6.07) is 17.8. The minimum absolute atomic E-state index is 0. The van der Waals surface area contributed by atoms with Gasteiger partial charge in [-0.05, 0) is 36.1 Å². The molecule has 22 heavy (non-hydrogen) atoms. The first-order valence-corrected chi connectivity index (χ1v) is 7.61. The van der Waals surface area contributed by atoms with Gasteiger partial charge in [0.2, 0.25) is 0 Å². The third-order valence-electron chi connectivity index (χ3n) is 4.33. The molecule has 0 aromatic heterocycles. The average Bonchev–Trinajstić information content (AvgIpc) is 2.86. The first-order valence-electron chi connectivity index (χ1n) is 7.61. The summed E-state index contributed by atoms with van der Waals surface area (Å²) in [7, 11) is 0. The van der Waals surface area contributed by atoms with E-state index in [0.29, 0.717) is 6.04 Å². The van der Waals surface area contributed by atoms with E-state index in [9.17, 15) is 0 Å². The molecular weight excluding hydrogens is 294 g/mol. The summed E-state index contributed by atoms with van der Waals surface area (Å²) in [6.07, 6.45) is 0.999. The van der Waals surface area contributed by atoms with Gasteiger partial charge in [0.25, 0.3) is 0 Å². The zero-order chi connectivity index (χ0) is 14.2. The van der Waals surface area contributed by atoms with Crippen LogP contribution in [0, 0.1) is 0 Å². The molecule has 2 aromatic carbocycles. The number of rotatable bonds is 1. The van der Waals surface area contributed by atoms with Crippen molar-refractivity contribution in [1.82, 2.24) is 5.32 Å².